The molecule has 0 fully saturated rings. The van der Waals surface area contributed by atoms with Crippen LogP contribution < -0.4 is 10.1 Å². The quantitative estimate of drug-likeness (QED) is 0.748. The Morgan fingerprint density at radius 1 is 1.12 bits per heavy atom. The minimum absolute atomic E-state index is 0.387. The number of carboxylic acids is 1. The van der Waals surface area contributed by atoms with E-state index in [0.717, 1.165) is 11.3 Å². The van der Waals surface area contributed by atoms with Crippen molar-refractivity contribution < 1.29 is 19.4 Å². The lowest BCUT2D eigenvalue weighted by Crippen LogP contribution is -2.29. The molecule has 0 spiro atoms. The molecule has 1 heterocycles. The Bertz CT molecular complexity index is 936. The van der Waals surface area contributed by atoms with Crippen LogP contribution in [0.4, 0.5) is 0 Å². The molecule has 6 heteroatoms. The molecule has 0 radical (unpaired) electrons. The van der Waals surface area contributed by atoms with Gasteiger partial charge in [-0.25, -0.2) is 4.98 Å². The summed E-state index contributed by atoms with van der Waals surface area (Å²) in [5, 5.41) is 11.8. The van der Waals surface area contributed by atoms with Gasteiger partial charge in [-0.15, -0.1) is 0 Å². The maximum Gasteiger partial charge on any atom is 0.322 e. The topological polar surface area (TPSA) is 88.5 Å². The summed E-state index contributed by atoms with van der Waals surface area (Å²) in [4.78, 5) is 27.7. The predicted molar refractivity (Wildman–Crippen MR) is 93.7 cm³/mol. The Balaban J connectivity index is 2.08. The van der Waals surface area contributed by atoms with Gasteiger partial charge < -0.3 is 15.2 Å². The number of pyridine rings is 1. The average Bonchev–Trinajstić information content (AvgIpc) is 2.65. The Hall–Kier alpha value is -3.41. The van der Waals surface area contributed by atoms with E-state index in [1.807, 2.05) is 42.5 Å². The van der Waals surface area contributed by atoms with Crippen molar-refractivity contribution in [1.82, 2.24) is 10.3 Å². The van der Waals surface area contributed by atoms with Crippen molar-refractivity contribution in [2.45, 2.75) is 0 Å². The Labute approximate surface area is 144 Å². The highest BCUT2D eigenvalue weighted by atomic mass is 16.5. The van der Waals surface area contributed by atoms with Gasteiger partial charge in [0.25, 0.3) is 5.91 Å². The number of aliphatic carboxylic acids is 1. The number of amides is 1. The number of para-hydroxylation sites is 1. The summed E-state index contributed by atoms with van der Waals surface area (Å²) < 4.78 is 5.15. The smallest absolute Gasteiger partial charge is 0.322 e. The molecule has 0 aliphatic heterocycles. The summed E-state index contributed by atoms with van der Waals surface area (Å²) in [6.07, 6.45) is 0. The van der Waals surface area contributed by atoms with Crippen LogP contribution in [0.5, 0.6) is 5.75 Å². The van der Waals surface area contributed by atoms with Crippen LogP contribution in [-0.2, 0) is 4.79 Å². The molecule has 0 saturated carbocycles. The number of carboxylic acid groups (broad SMARTS) is 1. The molecule has 126 valence electrons. The summed E-state index contributed by atoms with van der Waals surface area (Å²) in [5.41, 5.74) is 2.51. The number of carbonyl (C=O) groups is 2. The van der Waals surface area contributed by atoms with Crippen LogP contribution in [0.3, 0.4) is 0 Å². The van der Waals surface area contributed by atoms with Crippen molar-refractivity contribution in [1.29, 1.82) is 0 Å². The second-order valence-corrected chi connectivity index (χ2v) is 5.38. The first-order valence-corrected chi connectivity index (χ1v) is 7.62. The number of hydrogen-bond donors (Lipinski definition) is 2. The zero-order valence-electron chi connectivity index (χ0n) is 13.5. The SMILES string of the molecule is COc1ccc(-c2cc(C(=O)NCC(=O)O)c3ccccc3n2)cc1. The minimum atomic E-state index is -1.10. The van der Waals surface area contributed by atoms with Crippen LogP contribution in [0, 0.1) is 0 Å². The lowest BCUT2D eigenvalue weighted by Gasteiger charge is -2.10. The summed E-state index contributed by atoms with van der Waals surface area (Å²) in [6, 6.07) is 16.3. The number of nitrogens with one attached hydrogen (secondary N) is 1. The fraction of sp³-hybridized carbons (Fsp3) is 0.105. The number of fused-ring (bicyclic) bond motifs is 1. The monoisotopic (exact) mass is 336 g/mol. The van der Waals surface area contributed by atoms with Crippen molar-refractivity contribution in [3.05, 3.63) is 60.2 Å². The van der Waals surface area contributed by atoms with Crippen LogP contribution in [0.15, 0.2) is 54.6 Å². The first kappa shape index (κ1) is 16.4. The Morgan fingerprint density at radius 3 is 2.52 bits per heavy atom. The van der Waals surface area contributed by atoms with Gasteiger partial charge in [-0.1, -0.05) is 18.2 Å². The lowest BCUT2D eigenvalue weighted by atomic mass is 10.0. The highest BCUT2D eigenvalue weighted by molar-refractivity contribution is 6.07. The summed E-state index contributed by atoms with van der Waals surface area (Å²) in [6.45, 7) is -0.437. The third kappa shape index (κ3) is 3.58. The molecular weight excluding hydrogens is 320 g/mol. The molecule has 0 atom stereocenters. The van der Waals surface area contributed by atoms with E-state index in [1.165, 1.54) is 0 Å². The molecule has 1 aromatic heterocycles. The van der Waals surface area contributed by atoms with Crippen LogP contribution >= 0.6 is 0 Å². The van der Waals surface area contributed by atoms with Gasteiger partial charge in [0.15, 0.2) is 0 Å². The zero-order valence-corrected chi connectivity index (χ0v) is 13.5. The standard InChI is InChI=1S/C19H16N2O4/c1-25-13-8-6-12(7-9-13)17-10-15(19(24)20-11-18(22)23)14-4-2-3-5-16(14)21-17/h2-10H,11H2,1H3,(H,20,24)(H,22,23). The van der Waals surface area contributed by atoms with Crippen LogP contribution in [0.25, 0.3) is 22.2 Å². The fourth-order valence-corrected chi connectivity index (χ4v) is 2.52. The van der Waals surface area contributed by atoms with Gasteiger partial charge in [-0.05, 0) is 36.4 Å². The van der Waals surface area contributed by atoms with E-state index < -0.39 is 18.4 Å². The molecule has 3 rings (SSSR count). The molecule has 2 N–H and O–H groups in total. The first-order chi connectivity index (χ1) is 12.1. The zero-order chi connectivity index (χ0) is 17.8. The van der Waals surface area contributed by atoms with Crippen LogP contribution in [0.2, 0.25) is 0 Å². The molecule has 0 aliphatic carbocycles. The van der Waals surface area contributed by atoms with Gasteiger partial charge in [0.1, 0.15) is 12.3 Å². The maximum absolute atomic E-state index is 12.4. The van der Waals surface area contributed by atoms with Gasteiger partial charge in [-0.3, -0.25) is 9.59 Å². The highest BCUT2D eigenvalue weighted by Crippen LogP contribution is 2.26. The molecule has 0 bridgehead atoms. The van der Waals surface area contributed by atoms with E-state index in [1.54, 1.807) is 19.2 Å². The van der Waals surface area contributed by atoms with Crippen LogP contribution in [0.1, 0.15) is 10.4 Å². The third-order valence-electron chi connectivity index (χ3n) is 3.75. The van der Waals surface area contributed by atoms with Crippen molar-refractivity contribution >= 4 is 22.8 Å². The average molecular weight is 336 g/mol. The normalized spacial score (nSPS) is 10.4. The van der Waals surface area contributed by atoms with E-state index in [9.17, 15) is 9.59 Å². The van der Waals surface area contributed by atoms with E-state index in [0.29, 0.717) is 22.2 Å². The van der Waals surface area contributed by atoms with E-state index in [-0.39, 0.29) is 0 Å². The van der Waals surface area contributed by atoms with Gasteiger partial charge in [0.05, 0.1) is 23.9 Å². The number of ether oxygens (including phenoxy) is 1. The number of aromatic nitrogens is 1. The minimum Gasteiger partial charge on any atom is -0.497 e. The second kappa shape index (κ2) is 7.00. The van der Waals surface area contributed by atoms with Gasteiger partial charge in [-0.2, -0.15) is 0 Å². The molecule has 6 nitrogen and oxygen atoms in total. The Morgan fingerprint density at radius 2 is 1.84 bits per heavy atom. The summed E-state index contributed by atoms with van der Waals surface area (Å²) in [5.74, 6) is -0.818. The molecule has 1 amide bonds. The summed E-state index contributed by atoms with van der Waals surface area (Å²) >= 11 is 0. The third-order valence-corrected chi connectivity index (χ3v) is 3.75. The van der Waals surface area contributed by atoms with Crippen molar-refractivity contribution in [3.63, 3.8) is 0 Å². The predicted octanol–water partition coefficient (Wildman–Crippen LogP) is 2.72. The molecule has 0 aliphatic rings. The number of nitrogens with zero attached hydrogens (tertiary/aromatic N) is 1. The highest BCUT2D eigenvalue weighted by Gasteiger charge is 2.14. The lowest BCUT2D eigenvalue weighted by molar-refractivity contribution is -0.135. The second-order valence-electron chi connectivity index (χ2n) is 5.38. The van der Waals surface area contributed by atoms with Gasteiger partial charge in [0, 0.05) is 10.9 Å². The molecule has 3 aromatic rings. The number of benzene rings is 2. The van der Waals surface area contributed by atoms with E-state index in [2.05, 4.69) is 10.3 Å². The number of hydrogen-bond acceptors (Lipinski definition) is 4. The number of carbonyl (C=O) groups excluding carboxylic acids is 1. The summed E-state index contributed by atoms with van der Waals surface area (Å²) in [7, 11) is 1.59. The molecule has 25 heavy (non-hydrogen) atoms. The largest absolute Gasteiger partial charge is 0.497 e. The van der Waals surface area contributed by atoms with Crippen molar-refractivity contribution in [2.24, 2.45) is 0 Å². The van der Waals surface area contributed by atoms with Gasteiger partial charge >= 0.3 is 5.97 Å². The molecule has 0 saturated heterocycles. The van der Waals surface area contributed by atoms with E-state index >= 15 is 0 Å². The van der Waals surface area contributed by atoms with Gasteiger partial charge in [0.2, 0.25) is 0 Å². The number of rotatable bonds is 5. The fourth-order valence-electron chi connectivity index (χ4n) is 2.52. The molecule has 0 unspecified atom stereocenters. The first-order valence-electron chi connectivity index (χ1n) is 7.62. The van der Waals surface area contributed by atoms with Crippen molar-refractivity contribution in [2.75, 3.05) is 13.7 Å². The maximum atomic E-state index is 12.4. The number of methoxy groups -OCH3 is 1. The van der Waals surface area contributed by atoms with Crippen molar-refractivity contribution in [3.8, 4) is 17.0 Å². The molecule has 2 aromatic carbocycles. The molecular formula is C19H16N2O4. The van der Waals surface area contributed by atoms with E-state index in [4.69, 9.17) is 9.84 Å². The Kier molecular flexibility index (Phi) is 4.61. The van der Waals surface area contributed by atoms with Crippen LogP contribution in [-0.4, -0.2) is 35.6 Å².